The number of benzene rings is 2. The van der Waals surface area contributed by atoms with Gasteiger partial charge in [0.2, 0.25) is 0 Å². The number of rotatable bonds is 3. The minimum Gasteiger partial charge on any atom is -0.486 e. The van der Waals surface area contributed by atoms with Crippen LogP contribution in [-0.4, -0.2) is 18.8 Å². The van der Waals surface area contributed by atoms with Gasteiger partial charge in [-0.15, -0.1) is 0 Å². The molecule has 2 aromatic rings. The summed E-state index contributed by atoms with van der Waals surface area (Å²) in [7, 11) is 0. The minimum atomic E-state index is -0.491. The second-order valence-electron chi connectivity index (χ2n) is 5.02. The number of halogens is 2. The molecule has 5 heteroatoms. The van der Waals surface area contributed by atoms with Gasteiger partial charge in [-0.1, -0.05) is 12.1 Å². The molecule has 2 unspecified atom stereocenters. The molecule has 0 aliphatic carbocycles. The molecule has 2 atom stereocenters. The van der Waals surface area contributed by atoms with Crippen molar-refractivity contribution in [1.29, 1.82) is 0 Å². The van der Waals surface area contributed by atoms with Crippen molar-refractivity contribution in [2.75, 3.05) is 6.61 Å². The van der Waals surface area contributed by atoms with E-state index in [9.17, 15) is 8.78 Å². The zero-order valence-corrected chi connectivity index (χ0v) is 11.3. The SMILES string of the molecule is NC(Cc1cc(F)ccc1F)C1COc2ccccc2O1. The van der Waals surface area contributed by atoms with E-state index in [1.165, 1.54) is 0 Å². The topological polar surface area (TPSA) is 44.5 Å². The second kappa shape index (κ2) is 5.69. The molecule has 0 saturated carbocycles. The molecule has 3 rings (SSSR count). The van der Waals surface area contributed by atoms with E-state index in [-0.39, 0.29) is 18.6 Å². The summed E-state index contributed by atoms with van der Waals surface area (Å²) < 4.78 is 38.2. The molecule has 1 heterocycles. The van der Waals surface area contributed by atoms with Crippen LogP contribution < -0.4 is 15.2 Å². The summed E-state index contributed by atoms with van der Waals surface area (Å²) in [5.41, 5.74) is 6.30. The molecule has 0 amide bonds. The highest BCUT2D eigenvalue weighted by Gasteiger charge is 2.27. The maximum absolute atomic E-state index is 13.6. The van der Waals surface area contributed by atoms with Crippen LogP contribution in [0.25, 0.3) is 0 Å². The van der Waals surface area contributed by atoms with E-state index in [1.807, 2.05) is 18.2 Å². The van der Waals surface area contributed by atoms with Crippen LogP contribution in [0.3, 0.4) is 0 Å². The molecule has 0 fully saturated rings. The summed E-state index contributed by atoms with van der Waals surface area (Å²) >= 11 is 0. The second-order valence-corrected chi connectivity index (χ2v) is 5.02. The largest absolute Gasteiger partial charge is 0.486 e. The molecule has 0 spiro atoms. The van der Waals surface area contributed by atoms with Gasteiger partial charge >= 0.3 is 0 Å². The van der Waals surface area contributed by atoms with Crippen LogP contribution in [0.15, 0.2) is 42.5 Å². The minimum absolute atomic E-state index is 0.180. The summed E-state index contributed by atoms with van der Waals surface area (Å²) in [5, 5.41) is 0. The summed E-state index contributed by atoms with van der Waals surface area (Å²) in [5.74, 6) is 0.329. The lowest BCUT2D eigenvalue weighted by Crippen LogP contribution is -2.46. The van der Waals surface area contributed by atoms with E-state index in [4.69, 9.17) is 15.2 Å². The van der Waals surface area contributed by atoms with Crippen LogP contribution in [0, 0.1) is 11.6 Å². The maximum Gasteiger partial charge on any atom is 0.161 e. The Bertz CT molecular complexity index is 648. The number of para-hydroxylation sites is 2. The first kappa shape index (κ1) is 13.8. The van der Waals surface area contributed by atoms with Gasteiger partial charge in [-0.05, 0) is 42.3 Å². The summed E-state index contributed by atoms with van der Waals surface area (Å²) in [6, 6.07) is 10.1. The Balaban J connectivity index is 1.72. The summed E-state index contributed by atoms with van der Waals surface area (Å²) in [6.07, 6.45) is -0.220. The van der Waals surface area contributed by atoms with Crippen molar-refractivity contribution in [2.45, 2.75) is 18.6 Å². The van der Waals surface area contributed by atoms with E-state index < -0.39 is 23.8 Å². The molecule has 2 N–H and O–H groups in total. The highest BCUT2D eigenvalue weighted by atomic mass is 19.1. The van der Waals surface area contributed by atoms with Crippen molar-refractivity contribution in [3.8, 4) is 11.5 Å². The average Bonchev–Trinajstić information content (AvgIpc) is 2.50. The quantitative estimate of drug-likeness (QED) is 0.945. The molecule has 0 saturated heterocycles. The van der Waals surface area contributed by atoms with Crippen molar-refractivity contribution in [3.63, 3.8) is 0 Å². The lowest BCUT2D eigenvalue weighted by atomic mass is 10.0. The highest BCUT2D eigenvalue weighted by molar-refractivity contribution is 5.40. The van der Waals surface area contributed by atoms with Crippen LogP contribution >= 0.6 is 0 Å². The molecule has 21 heavy (non-hydrogen) atoms. The molecule has 0 bridgehead atoms. The normalized spacial score (nSPS) is 18.3. The lowest BCUT2D eigenvalue weighted by molar-refractivity contribution is 0.0720. The molecule has 2 aromatic carbocycles. The lowest BCUT2D eigenvalue weighted by Gasteiger charge is -2.30. The van der Waals surface area contributed by atoms with Crippen LogP contribution in [0.5, 0.6) is 11.5 Å². The van der Waals surface area contributed by atoms with Crippen LogP contribution in [0.2, 0.25) is 0 Å². The van der Waals surface area contributed by atoms with Gasteiger partial charge in [0, 0.05) is 6.04 Å². The van der Waals surface area contributed by atoms with Crippen molar-refractivity contribution >= 4 is 0 Å². The number of fused-ring (bicyclic) bond motifs is 1. The Labute approximate surface area is 121 Å². The van der Waals surface area contributed by atoms with Gasteiger partial charge in [0.1, 0.15) is 24.3 Å². The Morgan fingerprint density at radius 3 is 2.71 bits per heavy atom. The monoisotopic (exact) mass is 291 g/mol. The molecule has 0 aromatic heterocycles. The average molecular weight is 291 g/mol. The third-order valence-corrected chi connectivity index (χ3v) is 3.47. The zero-order valence-electron chi connectivity index (χ0n) is 11.3. The fraction of sp³-hybridized carbons (Fsp3) is 0.250. The van der Waals surface area contributed by atoms with Gasteiger partial charge in [0.15, 0.2) is 11.5 Å². The first-order valence-electron chi connectivity index (χ1n) is 6.71. The van der Waals surface area contributed by atoms with Gasteiger partial charge in [0.05, 0.1) is 0 Å². The van der Waals surface area contributed by atoms with E-state index in [0.717, 1.165) is 18.2 Å². The molecule has 110 valence electrons. The van der Waals surface area contributed by atoms with Crippen molar-refractivity contribution < 1.29 is 18.3 Å². The third-order valence-electron chi connectivity index (χ3n) is 3.47. The number of ether oxygens (including phenoxy) is 2. The standard InChI is InChI=1S/C16H15F2NO2/c17-11-5-6-12(18)10(7-11)8-13(19)16-9-20-14-3-1-2-4-15(14)21-16/h1-7,13,16H,8-9,19H2. The van der Waals surface area contributed by atoms with Gasteiger partial charge in [-0.25, -0.2) is 8.78 Å². The third kappa shape index (κ3) is 2.97. The van der Waals surface area contributed by atoms with Crippen molar-refractivity contribution in [1.82, 2.24) is 0 Å². The van der Waals surface area contributed by atoms with E-state index in [2.05, 4.69) is 0 Å². The molecule has 1 aliphatic rings. The molecular weight excluding hydrogens is 276 g/mol. The van der Waals surface area contributed by atoms with Crippen molar-refractivity contribution in [2.24, 2.45) is 5.73 Å². The smallest absolute Gasteiger partial charge is 0.161 e. The van der Waals surface area contributed by atoms with E-state index in [0.29, 0.717) is 11.5 Å². The Morgan fingerprint density at radius 2 is 1.90 bits per heavy atom. The van der Waals surface area contributed by atoms with E-state index in [1.54, 1.807) is 6.07 Å². The molecule has 3 nitrogen and oxygen atoms in total. The van der Waals surface area contributed by atoms with Crippen LogP contribution in [-0.2, 0) is 6.42 Å². The predicted molar refractivity (Wildman–Crippen MR) is 74.4 cm³/mol. The van der Waals surface area contributed by atoms with Crippen molar-refractivity contribution in [3.05, 3.63) is 59.7 Å². The summed E-state index contributed by atoms with van der Waals surface area (Å²) in [4.78, 5) is 0. The van der Waals surface area contributed by atoms with Crippen LogP contribution in [0.1, 0.15) is 5.56 Å². The fourth-order valence-electron chi connectivity index (χ4n) is 2.33. The predicted octanol–water partition coefficient (Wildman–Crippen LogP) is 2.67. The number of nitrogens with two attached hydrogens (primary N) is 1. The number of hydrogen-bond acceptors (Lipinski definition) is 3. The van der Waals surface area contributed by atoms with Gasteiger partial charge in [0.25, 0.3) is 0 Å². The fourth-order valence-corrected chi connectivity index (χ4v) is 2.33. The van der Waals surface area contributed by atoms with E-state index >= 15 is 0 Å². The Morgan fingerprint density at radius 1 is 1.14 bits per heavy atom. The van der Waals surface area contributed by atoms with Gasteiger partial charge in [-0.2, -0.15) is 0 Å². The highest BCUT2D eigenvalue weighted by Crippen LogP contribution is 2.31. The van der Waals surface area contributed by atoms with Gasteiger partial charge < -0.3 is 15.2 Å². The number of hydrogen-bond donors (Lipinski definition) is 1. The molecule has 0 radical (unpaired) electrons. The zero-order chi connectivity index (χ0) is 14.8. The Kier molecular flexibility index (Phi) is 3.75. The van der Waals surface area contributed by atoms with Crippen LogP contribution in [0.4, 0.5) is 8.78 Å². The summed E-state index contributed by atoms with van der Waals surface area (Å²) in [6.45, 7) is 0.287. The first-order chi connectivity index (χ1) is 10.1. The molecule has 1 aliphatic heterocycles. The molecular formula is C16H15F2NO2. The maximum atomic E-state index is 13.6. The first-order valence-corrected chi connectivity index (χ1v) is 6.71. The Hall–Kier alpha value is -2.14. The van der Waals surface area contributed by atoms with Gasteiger partial charge in [-0.3, -0.25) is 0 Å².